The van der Waals surface area contributed by atoms with Crippen LogP contribution in [0.3, 0.4) is 0 Å². The van der Waals surface area contributed by atoms with Crippen LogP contribution in [0.25, 0.3) is 11.1 Å². The molecule has 1 amide bonds. The summed E-state index contributed by atoms with van der Waals surface area (Å²) in [6.07, 6.45) is 6.29. The van der Waals surface area contributed by atoms with Crippen LogP contribution in [-0.2, 0) is 9.53 Å². The van der Waals surface area contributed by atoms with Crippen LogP contribution in [0.4, 0.5) is 0 Å². The average molecular weight is 417 g/mol. The summed E-state index contributed by atoms with van der Waals surface area (Å²) in [5.74, 6) is 1.25. The fourth-order valence-electron chi connectivity index (χ4n) is 5.07. The zero-order chi connectivity index (χ0) is 21.1. The summed E-state index contributed by atoms with van der Waals surface area (Å²) in [4.78, 5) is 25.7. The van der Waals surface area contributed by atoms with Crippen LogP contribution >= 0.6 is 0 Å². The Balaban J connectivity index is 1.44. The third-order valence-corrected chi connectivity index (χ3v) is 6.44. The Morgan fingerprint density at radius 3 is 3.06 bits per heavy atom. The molecule has 6 rings (SSSR count). The number of ether oxygens (including phenoxy) is 1. The van der Waals surface area contributed by atoms with Gasteiger partial charge in [-0.05, 0) is 43.0 Å². The summed E-state index contributed by atoms with van der Waals surface area (Å²) in [5, 5.41) is 0. The molecule has 31 heavy (non-hydrogen) atoms. The molecule has 1 saturated heterocycles. The topological polar surface area (TPSA) is 97.2 Å². The fourth-order valence-corrected chi connectivity index (χ4v) is 5.07. The summed E-state index contributed by atoms with van der Waals surface area (Å²) in [6.45, 7) is 4.01. The summed E-state index contributed by atoms with van der Waals surface area (Å²) >= 11 is 0. The lowest BCUT2D eigenvalue weighted by atomic mass is 10.0. The van der Waals surface area contributed by atoms with E-state index in [9.17, 15) is 4.79 Å². The number of amidine groups is 1. The van der Waals surface area contributed by atoms with Crippen molar-refractivity contribution in [2.75, 3.05) is 19.7 Å². The lowest BCUT2D eigenvalue weighted by Gasteiger charge is -2.33. The molecule has 158 valence electrons. The first-order valence-electron chi connectivity index (χ1n) is 10.6. The lowest BCUT2D eigenvalue weighted by molar-refractivity contribution is -0.121. The molecule has 0 bridgehead atoms. The Morgan fingerprint density at radius 1 is 1.29 bits per heavy atom. The molecule has 4 aliphatic rings. The average Bonchev–Trinajstić information content (AvgIpc) is 3.45. The molecular weight excluding hydrogens is 394 g/mol. The molecule has 1 unspecified atom stereocenters. The van der Waals surface area contributed by atoms with Gasteiger partial charge in [-0.1, -0.05) is 0 Å². The molecule has 8 nitrogen and oxygen atoms in total. The predicted molar refractivity (Wildman–Crippen MR) is 115 cm³/mol. The number of likely N-dealkylation sites (tertiary alicyclic amines) is 1. The van der Waals surface area contributed by atoms with E-state index in [4.69, 9.17) is 19.9 Å². The fraction of sp³-hybridized carbons (Fsp3) is 0.348. The second kappa shape index (κ2) is 6.73. The molecule has 5 heterocycles. The highest BCUT2D eigenvalue weighted by atomic mass is 16.5. The van der Waals surface area contributed by atoms with Gasteiger partial charge in [0.15, 0.2) is 11.5 Å². The van der Waals surface area contributed by atoms with Crippen LogP contribution in [0.1, 0.15) is 30.7 Å². The first kappa shape index (κ1) is 18.2. The summed E-state index contributed by atoms with van der Waals surface area (Å²) in [7, 11) is 0. The van der Waals surface area contributed by atoms with E-state index in [1.54, 1.807) is 6.26 Å². The maximum atomic E-state index is 12.0. The van der Waals surface area contributed by atoms with Crippen molar-refractivity contribution in [1.29, 1.82) is 0 Å². The number of carbonyl (C=O) groups excluding carboxylic acids is 1. The summed E-state index contributed by atoms with van der Waals surface area (Å²) in [5.41, 5.74) is 12.6. The third kappa shape index (κ3) is 2.78. The van der Waals surface area contributed by atoms with Gasteiger partial charge < -0.3 is 24.7 Å². The number of fused-ring (bicyclic) bond motifs is 1. The number of hydrogen-bond donors (Lipinski definition) is 1. The largest absolute Gasteiger partial charge is 0.495 e. The standard InChI is InChI=1S/C23H23N5O3/c1-13-26-17-9-14(4-5-20(17)31-13)23-25-10-16-19(27-7-2-3-18(27)22(24)29)12-30-11-15-6-8-28(23)21(15)16/h4-5,9-10,12,18H,2-3,6-8,11H2,1H3,(H2,24,29). The number of aliphatic imine (C=N–C) groups is 1. The van der Waals surface area contributed by atoms with Crippen molar-refractivity contribution in [3.63, 3.8) is 0 Å². The normalized spacial score (nSPS) is 22.7. The van der Waals surface area contributed by atoms with Gasteiger partial charge in [0.2, 0.25) is 5.91 Å². The molecule has 0 spiro atoms. The number of nitrogens with two attached hydrogens (primary N) is 1. The predicted octanol–water partition coefficient (Wildman–Crippen LogP) is 2.56. The molecule has 0 saturated carbocycles. The number of primary amides is 1. The molecule has 1 aromatic carbocycles. The van der Waals surface area contributed by atoms with Gasteiger partial charge in [0.25, 0.3) is 0 Å². The van der Waals surface area contributed by atoms with Crippen LogP contribution < -0.4 is 5.73 Å². The summed E-state index contributed by atoms with van der Waals surface area (Å²) in [6, 6.07) is 5.68. The molecule has 4 aliphatic heterocycles. The second-order valence-electron chi connectivity index (χ2n) is 8.33. The minimum absolute atomic E-state index is 0.295. The first-order chi connectivity index (χ1) is 15.1. The number of carbonyl (C=O) groups is 1. The highest BCUT2D eigenvalue weighted by Gasteiger charge is 2.39. The van der Waals surface area contributed by atoms with Crippen LogP contribution in [-0.4, -0.2) is 52.3 Å². The smallest absolute Gasteiger partial charge is 0.240 e. The number of amides is 1. The van der Waals surface area contributed by atoms with Gasteiger partial charge in [-0.2, -0.15) is 0 Å². The van der Waals surface area contributed by atoms with E-state index in [0.29, 0.717) is 12.5 Å². The minimum Gasteiger partial charge on any atom is -0.495 e. The monoisotopic (exact) mass is 417 g/mol. The van der Waals surface area contributed by atoms with Crippen molar-refractivity contribution < 1.29 is 13.9 Å². The molecular formula is C23H23N5O3. The van der Waals surface area contributed by atoms with E-state index in [1.807, 2.05) is 31.3 Å². The van der Waals surface area contributed by atoms with Gasteiger partial charge in [-0.15, -0.1) is 0 Å². The van der Waals surface area contributed by atoms with Gasteiger partial charge >= 0.3 is 0 Å². The number of aromatic nitrogens is 1. The zero-order valence-electron chi connectivity index (χ0n) is 17.3. The van der Waals surface area contributed by atoms with Crippen molar-refractivity contribution in [3.05, 3.63) is 64.7 Å². The third-order valence-electron chi connectivity index (χ3n) is 6.44. The van der Waals surface area contributed by atoms with Crippen molar-refractivity contribution in [3.8, 4) is 0 Å². The minimum atomic E-state index is -0.309. The molecule has 0 aliphatic carbocycles. The van der Waals surface area contributed by atoms with Crippen molar-refractivity contribution >= 4 is 22.8 Å². The highest BCUT2D eigenvalue weighted by Crippen LogP contribution is 2.41. The van der Waals surface area contributed by atoms with Crippen LogP contribution in [0, 0.1) is 6.92 Å². The highest BCUT2D eigenvalue weighted by molar-refractivity contribution is 6.04. The molecule has 1 fully saturated rings. The van der Waals surface area contributed by atoms with Gasteiger partial charge in [0.05, 0.1) is 11.4 Å². The Hall–Kier alpha value is -3.55. The number of benzene rings is 1. The second-order valence-corrected chi connectivity index (χ2v) is 8.33. The Kier molecular flexibility index (Phi) is 3.96. The molecule has 0 radical (unpaired) electrons. The van der Waals surface area contributed by atoms with Gasteiger partial charge in [0.1, 0.15) is 30.3 Å². The molecule has 2 aromatic rings. The van der Waals surface area contributed by atoms with Crippen LogP contribution in [0.15, 0.2) is 62.6 Å². The van der Waals surface area contributed by atoms with Crippen molar-refractivity contribution in [1.82, 2.24) is 14.8 Å². The quantitative estimate of drug-likeness (QED) is 0.824. The summed E-state index contributed by atoms with van der Waals surface area (Å²) < 4.78 is 11.5. The molecule has 1 atom stereocenters. The first-order valence-corrected chi connectivity index (χ1v) is 10.6. The number of nitrogens with zero attached hydrogens (tertiary/aromatic N) is 4. The van der Waals surface area contributed by atoms with Gasteiger partial charge in [-0.3, -0.25) is 4.79 Å². The van der Waals surface area contributed by atoms with Gasteiger partial charge in [0, 0.05) is 37.3 Å². The van der Waals surface area contributed by atoms with E-state index in [0.717, 1.165) is 71.8 Å². The number of aryl methyl sites for hydroxylation is 1. The molecule has 1 aromatic heterocycles. The number of oxazole rings is 1. The Morgan fingerprint density at radius 2 is 2.19 bits per heavy atom. The Labute approximate surface area is 179 Å². The number of rotatable bonds is 3. The molecule has 8 heteroatoms. The zero-order valence-corrected chi connectivity index (χ0v) is 17.3. The maximum absolute atomic E-state index is 12.0. The van der Waals surface area contributed by atoms with E-state index >= 15 is 0 Å². The lowest BCUT2D eigenvalue weighted by Crippen LogP contribution is -2.41. The van der Waals surface area contributed by atoms with E-state index < -0.39 is 0 Å². The van der Waals surface area contributed by atoms with Crippen LogP contribution in [0.5, 0.6) is 0 Å². The van der Waals surface area contributed by atoms with E-state index in [1.165, 1.54) is 5.57 Å². The van der Waals surface area contributed by atoms with Gasteiger partial charge in [-0.25, -0.2) is 9.98 Å². The van der Waals surface area contributed by atoms with Crippen LogP contribution in [0.2, 0.25) is 0 Å². The Bertz CT molecular complexity index is 1240. The number of hydrogen-bond acceptors (Lipinski definition) is 7. The maximum Gasteiger partial charge on any atom is 0.240 e. The van der Waals surface area contributed by atoms with Crippen molar-refractivity contribution in [2.24, 2.45) is 10.7 Å². The van der Waals surface area contributed by atoms with E-state index in [2.05, 4.69) is 14.8 Å². The SMILES string of the molecule is Cc1nc2cc(C3=NC=C4C(N5CCCC5C(N)=O)=COCC5=C4N3CC5)ccc2o1. The van der Waals surface area contributed by atoms with Crippen molar-refractivity contribution in [2.45, 2.75) is 32.2 Å². The molecule has 2 N–H and O–H groups in total. The van der Waals surface area contributed by atoms with E-state index in [-0.39, 0.29) is 11.9 Å².